The Kier molecular flexibility index (Phi) is 5.65. The summed E-state index contributed by atoms with van der Waals surface area (Å²) < 4.78 is 2.05. The van der Waals surface area contributed by atoms with Crippen LogP contribution in [0.15, 0.2) is 0 Å². The van der Waals surface area contributed by atoms with E-state index in [1.807, 2.05) is 11.6 Å². The normalized spacial score (nSPS) is 13.0. The smallest absolute Gasteiger partial charge is 0.0625 e. The molecule has 0 aliphatic heterocycles. The van der Waals surface area contributed by atoms with Gasteiger partial charge in [0.2, 0.25) is 0 Å². The topological polar surface area (TPSA) is 50.1 Å². The van der Waals surface area contributed by atoms with E-state index < -0.39 is 0 Å². The molecular formula is C13H25N3O. The van der Waals surface area contributed by atoms with E-state index in [4.69, 9.17) is 5.11 Å². The molecule has 1 aromatic heterocycles. The van der Waals surface area contributed by atoms with Crippen LogP contribution in [-0.4, -0.2) is 34.1 Å². The summed E-state index contributed by atoms with van der Waals surface area (Å²) in [7, 11) is 0. The first-order chi connectivity index (χ1) is 8.10. The number of nitrogens with zero attached hydrogens (tertiary/aromatic N) is 2. The number of hydrogen-bond donors (Lipinski definition) is 2. The lowest BCUT2D eigenvalue weighted by molar-refractivity contribution is 0.253. The minimum absolute atomic E-state index is 0.222. The number of aliphatic hydroxyl groups excluding tert-OH is 1. The Balaban J connectivity index is 2.67. The van der Waals surface area contributed by atoms with Gasteiger partial charge < -0.3 is 10.4 Å². The summed E-state index contributed by atoms with van der Waals surface area (Å²) in [5.74, 6) is 0. The molecule has 4 heteroatoms. The molecule has 1 unspecified atom stereocenters. The molecule has 0 fully saturated rings. The first-order valence-corrected chi connectivity index (χ1v) is 6.45. The number of aromatic nitrogens is 2. The van der Waals surface area contributed by atoms with Crippen molar-refractivity contribution < 1.29 is 5.11 Å². The van der Waals surface area contributed by atoms with E-state index in [-0.39, 0.29) is 6.61 Å². The van der Waals surface area contributed by atoms with E-state index in [1.165, 1.54) is 11.3 Å². The lowest BCUT2D eigenvalue weighted by atomic mass is 10.2. The van der Waals surface area contributed by atoms with E-state index >= 15 is 0 Å². The van der Waals surface area contributed by atoms with Crippen molar-refractivity contribution in [2.24, 2.45) is 0 Å². The molecule has 0 spiro atoms. The molecule has 0 aliphatic carbocycles. The molecule has 1 atom stereocenters. The lowest BCUT2D eigenvalue weighted by Gasteiger charge is -2.18. The molecule has 4 nitrogen and oxygen atoms in total. The van der Waals surface area contributed by atoms with Gasteiger partial charge in [-0.3, -0.25) is 4.68 Å². The molecule has 98 valence electrons. The maximum Gasteiger partial charge on any atom is 0.0625 e. The third kappa shape index (κ3) is 3.82. The van der Waals surface area contributed by atoms with Crippen LogP contribution in [0.2, 0.25) is 0 Å². The van der Waals surface area contributed by atoms with Crippen LogP contribution in [0.4, 0.5) is 0 Å². The predicted molar refractivity (Wildman–Crippen MR) is 70.2 cm³/mol. The predicted octanol–water partition coefficient (Wildman–Crippen LogP) is 1.56. The van der Waals surface area contributed by atoms with Gasteiger partial charge >= 0.3 is 0 Å². The van der Waals surface area contributed by atoms with Gasteiger partial charge in [0.05, 0.1) is 12.2 Å². The molecule has 1 heterocycles. The fourth-order valence-electron chi connectivity index (χ4n) is 1.94. The summed E-state index contributed by atoms with van der Waals surface area (Å²) >= 11 is 0. The number of aryl methyl sites for hydroxylation is 1. The molecule has 0 radical (unpaired) electrons. The fourth-order valence-corrected chi connectivity index (χ4v) is 1.94. The van der Waals surface area contributed by atoms with Crippen LogP contribution in [-0.2, 0) is 6.54 Å². The second-order valence-corrected chi connectivity index (χ2v) is 4.64. The second-order valence-electron chi connectivity index (χ2n) is 4.64. The third-order valence-electron chi connectivity index (χ3n) is 3.30. The molecule has 0 saturated heterocycles. The molecule has 0 amide bonds. The number of hydrogen-bond acceptors (Lipinski definition) is 3. The van der Waals surface area contributed by atoms with Crippen molar-refractivity contribution in [3.8, 4) is 0 Å². The minimum atomic E-state index is 0.222. The van der Waals surface area contributed by atoms with Crippen LogP contribution in [0.25, 0.3) is 0 Å². The van der Waals surface area contributed by atoms with Gasteiger partial charge in [-0.1, -0.05) is 6.92 Å². The molecule has 1 rings (SSSR count). The minimum Gasteiger partial charge on any atom is -0.396 e. The summed E-state index contributed by atoms with van der Waals surface area (Å²) in [6.45, 7) is 10.4. The Labute approximate surface area is 104 Å². The number of aliphatic hydroxyl groups is 1. The van der Waals surface area contributed by atoms with Gasteiger partial charge in [-0.2, -0.15) is 5.10 Å². The third-order valence-corrected chi connectivity index (χ3v) is 3.30. The molecule has 1 aromatic rings. The Morgan fingerprint density at radius 3 is 2.53 bits per heavy atom. The quantitative estimate of drug-likeness (QED) is 0.759. The zero-order valence-corrected chi connectivity index (χ0v) is 11.5. The monoisotopic (exact) mass is 239 g/mol. The second kappa shape index (κ2) is 6.77. The van der Waals surface area contributed by atoms with Crippen molar-refractivity contribution in [1.82, 2.24) is 15.1 Å². The summed E-state index contributed by atoms with van der Waals surface area (Å²) in [4.78, 5) is 0. The highest BCUT2D eigenvalue weighted by molar-refractivity contribution is 5.22. The van der Waals surface area contributed by atoms with Crippen LogP contribution in [0, 0.1) is 20.8 Å². The summed E-state index contributed by atoms with van der Waals surface area (Å²) in [6, 6.07) is 0.303. The summed E-state index contributed by atoms with van der Waals surface area (Å²) in [6.07, 6.45) is 1.88. The van der Waals surface area contributed by atoms with Crippen molar-refractivity contribution in [1.29, 1.82) is 0 Å². The maximum absolute atomic E-state index is 9.07. The van der Waals surface area contributed by atoms with Gasteiger partial charge in [-0.25, -0.2) is 0 Å². The highest BCUT2D eigenvalue weighted by Gasteiger charge is 2.12. The van der Waals surface area contributed by atoms with Crippen LogP contribution in [0.5, 0.6) is 0 Å². The van der Waals surface area contributed by atoms with Crippen molar-refractivity contribution in [3.63, 3.8) is 0 Å². The van der Waals surface area contributed by atoms with Crippen molar-refractivity contribution in [2.75, 3.05) is 13.2 Å². The average Bonchev–Trinajstić information content (AvgIpc) is 2.54. The van der Waals surface area contributed by atoms with Gasteiger partial charge in [0, 0.05) is 18.3 Å². The fraction of sp³-hybridized carbons (Fsp3) is 0.769. The van der Waals surface area contributed by atoms with E-state index in [1.54, 1.807) is 0 Å². The maximum atomic E-state index is 9.07. The Hall–Kier alpha value is -0.870. The first-order valence-electron chi connectivity index (χ1n) is 6.45. The number of nitrogens with one attached hydrogen (secondary N) is 1. The van der Waals surface area contributed by atoms with Crippen LogP contribution >= 0.6 is 0 Å². The largest absolute Gasteiger partial charge is 0.396 e. The van der Waals surface area contributed by atoms with Gasteiger partial charge in [0.1, 0.15) is 0 Å². The van der Waals surface area contributed by atoms with Crippen LogP contribution in [0.3, 0.4) is 0 Å². The Bertz CT molecular complexity index is 347. The van der Waals surface area contributed by atoms with Crippen LogP contribution < -0.4 is 5.32 Å². The highest BCUT2D eigenvalue weighted by atomic mass is 16.3. The van der Waals surface area contributed by atoms with E-state index in [0.717, 1.165) is 31.6 Å². The Morgan fingerprint density at radius 2 is 2.06 bits per heavy atom. The number of rotatable bonds is 7. The zero-order valence-electron chi connectivity index (χ0n) is 11.5. The van der Waals surface area contributed by atoms with Crippen molar-refractivity contribution >= 4 is 0 Å². The van der Waals surface area contributed by atoms with Gasteiger partial charge in [-0.15, -0.1) is 0 Å². The summed E-state index contributed by atoms with van der Waals surface area (Å²) in [5, 5.41) is 17.1. The first kappa shape index (κ1) is 14.2. The van der Waals surface area contributed by atoms with Crippen molar-refractivity contribution in [3.05, 3.63) is 17.0 Å². The molecule has 0 aromatic carbocycles. The molecule has 2 N–H and O–H groups in total. The molecule has 0 aliphatic rings. The lowest BCUT2D eigenvalue weighted by Crippen LogP contribution is -2.35. The Morgan fingerprint density at radius 1 is 1.35 bits per heavy atom. The van der Waals surface area contributed by atoms with E-state index in [2.05, 4.69) is 31.2 Å². The van der Waals surface area contributed by atoms with Crippen LogP contribution in [0.1, 0.15) is 36.7 Å². The molecule has 0 bridgehead atoms. The van der Waals surface area contributed by atoms with E-state index in [0.29, 0.717) is 6.04 Å². The molecular weight excluding hydrogens is 214 g/mol. The zero-order chi connectivity index (χ0) is 12.8. The SMILES string of the molecule is CCCNC(CCO)Cn1nc(C)c(C)c1C. The van der Waals surface area contributed by atoms with Crippen molar-refractivity contribution in [2.45, 2.75) is 53.1 Å². The van der Waals surface area contributed by atoms with Gasteiger partial charge in [0.25, 0.3) is 0 Å². The molecule has 17 heavy (non-hydrogen) atoms. The van der Waals surface area contributed by atoms with Gasteiger partial charge in [0.15, 0.2) is 0 Å². The van der Waals surface area contributed by atoms with E-state index in [9.17, 15) is 0 Å². The average molecular weight is 239 g/mol. The van der Waals surface area contributed by atoms with Gasteiger partial charge in [-0.05, 0) is 45.7 Å². The highest BCUT2D eigenvalue weighted by Crippen LogP contribution is 2.11. The standard InChI is InChI=1S/C13H25N3O/c1-5-7-14-13(6-8-17)9-16-12(4)10(2)11(3)15-16/h13-14,17H,5-9H2,1-4H3. The molecule has 0 saturated carbocycles. The summed E-state index contributed by atoms with van der Waals surface area (Å²) in [5.41, 5.74) is 3.59.